The Morgan fingerprint density at radius 2 is 1.95 bits per heavy atom. The number of carbonyl (C=O) groups excluding carboxylic acids is 1. The standard InChI is InChI=1S/C16H32N2O2/c1-13(2)14(3)12-16(19)17-15-6-9-18(10-7-15)8-5-11-20-4/h13-15H,5-12H2,1-4H3,(H,17,19). The van der Waals surface area contributed by atoms with Crippen molar-refractivity contribution in [2.24, 2.45) is 11.8 Å². The predicted molar refractivity (Wildman–Crippen MR) is 82.7 cm³/mol. The topological polar surface area (TPSA) is 41.6 Å². The molecule has 0 bridgehead atoms. The van der Waals surface area contributed by atoms with Gasteiger partial charge in [-0.25, -0.2) is 0 Å². The summed E-state index contributed by atoms with van der Waals surface area (Å²) in [5, 5.41) is 3.20. The molecule has 0 aromatic rings. The summed E-state index contributed by atoms with van der Waals surface area (Å²) in [5.41, 5.74) is 0. The number of nitrogens with one attached hydrogen (secondary N) is 1. The minimum Gasteiger partial charge on any atom is -0.385 e. The van der Waals surface area contributed by atoms with Gasteiger partial charge in [-0.2, -0.15) is 0 Å². The number of hydrogen-bond donors (Lipinski definition) is 1. The van der Waals surface area contributed by atoms with Gasteiger partial charge in [0.1, 0.15) is 0 Å². The Labute approximate surface area is 124 Å². The Morgan fingerprint density at radius 3 is 2.50 bits per heavy atom. The lowest BCUT2D eigenvalue weighted by atomic mass is 9.94. The van der Waals surface area contributed by atoms with E-state index in [9.17, 15) is 4.79 Å². The highest BCUT2D eigenvalue weighted by Gasteiger charge is 2.21. The molecule has 4 nitrogen and oxygen atoms in total. The van der Waals surface area contributed by atoms with E-state index >= 15 is 0 Å². The summed E-state index contributed by atoms with van der Waals surface area (Å²) in [5.74, 6) is 1.26. The minimum absolute atomic E-state index is 0.226. The largest absolute Gasteiger partial charge is 0.385 e. The van der Waals surface area contributed by atoms with Crippen LogP contribution < -0.4 is 5.32 Å². The van der Waals surface area contributed by atoms with E-state index in [2.05, 4.69) is 31.0 Å². The van der Waals surface area contributed by atoms with Gasteiger partial charge in [0.25, 0.3) is 0 Å². The van der Waals surface area contributed by atoms with Crippen molar-refractivity contribution >= 4 is 5.91 Å². The summed E-state index contributed by atoms with van der Waals surface area (Å²) in [7, 11) is 1.75. The third-order valence-electron chi connectivity index (χ3n) is 4.42. The van der Waals surface area contributed by atoms with Gasteiger partial charge >= 0.3 is 0 Å². The minimum atomic E-state index is 0.226. The second kappa shape index (κ2) is 9.35. The fraction of sp³-hybridized carbons (Fsp3) is 0.938. The lowest BCUT2D eigenvalue weighted by Crippen LogP contribution is -2.45. The molecule has 1 unspecified atom stereocenters. The summed E-state index contributed by atoms with van der Waals surface area (Å²) in [6.45, 7) is 10.6. The highest BCUT2D eigenvalue weighted by Crippen LogP contribution is 2.15. The number of amides is 1. The van der Waals surface area contributed by atoms with E-state index in [-0.39, 0.29) is 5.91 Å². The molecule has 1 fully saturated rings. The maximum Gasteiger partial charge on any atom is 0.220 e. The highest BCUT2D eigenvalue weighted by molar-refractivity contribution is 5.76. The van der Waals surface area contributed by atoms with Crippen LogP contribution >= 0.6 is 0 Å². The van der Waals surface area contributed by atoms with Gasteiger partial charge in [0.2, 0.25) is 5.91 Å². The Morgan fingerprint density at radius 1 is 1.30 bits per heavy atom. The molecule has 0 aromatic carbocycles. The van der Waals surface area contributed by atoms with Crippen molar-refractivity contribution in [3.63, 3.8) is 0 Å². The summed E-state index contributed by atoms with van der Waals surface area (Å²) < 4.78 is 5.08. The maximum atomic E-state index is 12.0. The van der Waals surface area contributed by atoms with Crippen molar-refractivity contribution < 1.29 is 9.53 Å². The van der Waals surface area contributed by atoms with Crippen LogP contribution in [0.4, 0.5) is 0 Å². The SMILES string of the molecule is COCCCN1CCC(NC(=O)CC(C)C(C)C)CC1. The van der Waals surface area contributed by atoms with Crippen LogP contribution in [0.15, 0.2) is 0 Å². The number of methoxy groups -OCH3 is 1. The quantitative estimate of drug-likeness (QED) is 0.695. The van der Waals surface area contributed by atoms with Crippen molar-refractivity contribution in [3.05, 3.63) is 0 Å². The van der Waals surface area contributed by atoms with Crippen LogP contribution in [-0.2, 0) is 9.53 Å². The van der Waals surface area contributed by atoms with Crippen LogP contribution in [-0.4, -0.2) is 50.2 Å². The lowest BCUT2D eigenvalue weighted by molar-refractivity contribution is -0.123. The predicted octanol–water partition coefficient (Wildman–Crippen LogP) is 2.29. The number of rotatable bonds is 8. The maximum absolute atomic E-state index is 12.0. The number of carbonyl (C=O) groups is 1. The van der Waals surface area contributed by atoms with Gasteiger partial charge < -0.3 is 15.0 Å². The van der Waals surface area contributed by atoms with Gasteiger partial charge in [-0.3, -0.25) is 4.79 Å². The molecule has 0 saturated carbocycles. The molecule has 0 aliphatic carbocycles. The molecule has 118 valence electrons. The van der Waals surface area contributed by atoms with E-state index in [0.717, 1.165) is 45.5 Å². The zero-order chi connectivity index (χ0) is 15.0. The van der Waals surface area contributed by atoms with Crippen molar-refractivity contribution in [2.45, 2.75) is 52.5 Å². The van der Waals surface area contributed by atoms with Gasteiger partial charge in [-0.15, -0.1) is 0 Å². The molecular weight excluding hydrogens is 252 g/mol. The van der Waals surface area contributed by atoms with Crippen LogP contribution in [0.3, 0.4) is 0 Å². The number of nitrogens with zero attached hydrogens (tertiary/aromatic N) is 1. The third kappa shape index (κ3) is 6.71. The Bertz CT molecular complexity index is 274. The average molecular weight is 284 g/mol. The van der Waals surface area contributed by atoms with Gasteiger partial charge in [-0.05, 0) is 31.1 Å². The Kier molecular flexibility index (Phi) is 8.15. The zero-order valence-electron chi connectivity index (χ0n) is 13.7. The molecule has 1 rings (SSSR count). The van der Waals surface area contributed by atoms with E-state index < -0.39 is 0 Å². The van der Waals surface area contributed by atoms with Crippen LogP contribution in [0.1, 0.15) is 46.5 Å². The van der Waals surface area contributed by atoms with Gasteiger partial charge in [-0.1, -0.05) is 20.8 Å². The Hall–Kier alpha value is -0.610. The molecule has 1 amide bonds. The number of hydrogen-bond acceptors (Lipinski definition) is 3. The first kappa shape index (κ1) is 17.4. The summed E-state index contributed by atoms with van der Waals surface area (Å²) in [4.78, 5) is 14.4. The first-order chi connectivity index (χ1) is 9.52. The van der Waals surface area contributed by atoms with Crippen molar-refractivity contribution in [2.75, 3.05) is 33.4 Å². The van der Waals surface area contributed by atoms with Crippen LogP contribution in [0, 0.1) is 11.8 Å². The molecule has 1 saturated heterocycles. The first-order valence-electron chi connectivity index (χ1n) is 8.03. The number of piperidine rings is 1. The zero-order valence-corrected chi connectivity index (χ0v) is 13.7. The average Bonchev–Trinajstić information content (AvgIpc) is 2.40. The van der Waals surface area contributed by atoms with Crippen molar-refractivity contribution in [3.8, 4) is 0 Å². The van der Waals surface area contributed by atoms with Gasteiger partial charge in [0, 0.05) is 45.8 Å². The molecule has 0 aromatic heterocycles. The molecule has 1 heterocycles. The molecule has 20 heavy (non-hydrogen) atoms. The summed E-state index contributed by atoms with van der Waals surface area (Å²) >= 11 is 0. The molecule has 1 atom stereocenters. The summed E-state index contributed by atoms with van der Waals surface area (Å²) in [6.07, 6.45) is 3.91. The van der Waals surface area contributed by atoms with Gasteiger partial charge in [0.05, 0.1) is 0 Å². The van der Waals surface area contributed by atoms with E-state index in [0.29, 0.717) is 24.3 Å². The van der Waals surface area contributed by atoms with Gasteiger partial charge in [0.15, 0.2) is 0 Å². The van der Waals surface area contributed by atoms with Crippen molar-refractivity contribution in [1.29, 1.82) is 0 Å². The van der Waals surface area contributed by atoms with Crippen LogP contribution in [0.2, 0.25) is 0 Å². The van der Waals surface area contributed by atoms with E-state index in [4.69, 9.17) is 4.74 Å². The molecular formula is C16H32N2O2. The molecule has 4 heteroatoms. The normalized spacial score (nSPS) is 19.2. The second-order valence-corrected chi connectivity index (χ2v) is 6.46. The molecule has 0 radical (unpaired) electrons. The fourth-order valence-electron chi connectivity index (χ4n) is 2.55. The molecule has 1 N–H and O–H groups in total. The van der Waals surface area contributed by atoms with E-state index in [1.54, 1.807) is 7.11 Å². The van der Waals surface area contributed by atoms with Crippen LogP contribution in [0.25, 0.3) is 0 Å². The highest BCUT2D eigenvalue weighted by atomic mass is 16.5. The molecule has 1 aliphatic heterocycles. The molecule has 0 spiro atoms. The number of likely N-dealkylation sites (tertiary alicyclic amines) is 1. The smallest absolute Gasteiger partial charge is 0.220 e. The van der Waals surface area contributed by atoms with E-state index in [1.807, 2.05) is 0 Å². The number of ether oxygens (including phenoxy) is 1. The van der Waals surface area contributed by atoms with E-state index in [1.165, 1.54) is 0 Å². The third-order valence-corrected chi connectivity index (χ3v) is 4.42. The van der Waals surface area contributed by atoms with Crippen molar-refractivity contribution in [1.82, 2.24) is 10.2 Å². The second-order valence-electron chi connectivity index (χ2n) is 6.46. The fourth-order valence-corrected chi connectivity index (χ4v) is 2.55. The lowest BCUT2D eigenvalue weighted by Gasteiger charge is -2.32. The monoisotopic (exact) mass is 284 g/mol. The molecule has 1 aliphatic rings. The Balaban J connectivity index is 2.17. The van der Waals surface area contributed by atoms with Crippen LogP contribution in [0.5, 0.6) is 0 Å². The summed E-state index contributed by atoms with van der Waals surface area (Å²) in [6, 6.07) is 0.375. The first-order valence-corrected chi connectivity index (χ1v) is 8.03.